The van der Waals surface area contributed by atoms with E-state index in [9.17, 15) is 13.6 Å². The van der Waals surface area contributed by atoms with Crippen molar-refractivity contribution < 1.29 is 13.2 Å². The maximum absolute atomic E-state index is 12.6. The Kier molecular flexibility index (Phi) is 1.62. The van der Waals surface area contributed by atoms with E-state index in [4.69, 9.17) is 0 Å². The summed E-state index contributed by atoms with van der Waals surface area (Å²) in [7, 11) is 0. The molecule has 0 aliphatic rings. The van der Waals surface area contributed by atoms with Crippen LogP contribution in [0.25, 0.3) is 11.0 Å². The van der Waals surface area contributed by atoms with Gasteiger partial charge < -0.3 is 4.42 Å². The van der Waals surface area contributed by atoms with Gasteiger partial charge in [-0.15, -0.1) is 0 Å². The van der Waals surface area contributed by atoms with Gasteiger partial charge in [-0.1, -0.05) is 0 Å². The second-order valence-corrected chi connectivity index (χ2v) is 2.55. The van der Waals surface area contributed by atoms with Crippen LogP contribution in [0.1, 0.15) is 0 Å². The van der Waals surface area contributed by atoms with E-state index in [1.54, 1.807) is 0 Å². The van der Waals surface area contributed by atoms with Crippen LogP contribution in [0.15, 0.2) is 33.7 Å². The van der Waals surface area contributed by atoms with Crippen LogP contribution in [0.2, 0.25) is 0 Å². The van der Waals surface area contributed by atoms with Gasteiger partial charge >= 0.3 is 0 Å². The Morgan fingerprint density at radius 1 is 1.23 bits per heavy atom. The van der Waals surface area contributed by atoms with Crippen molar-refractivity contribution in [3.8, 4) is 0 Å². The summed E-state index contributed by atoms with van der Waals surface area (Å²) in [6.07, 6.45) is 0.671. The number of fused-ring (bicyclic) bond motifs is 1. The topological polar surface area (TPSA) is 30.2 Å². The third-order valence-corrected chi connectivity index (χ3v) is 1.69. The molecule has 0 aliphatic carbocycles. The van der Waals surface area contributed by atoms with Crippen LogP contribution in [-0.4, -0.2) is 0 Å². The quantitative estimate of drug-likeness (QED) is 0.624. The Morgan fingerprint density at radius 2 is 2.00 bits per heavy atom. The zero-order valence-electron chi connectivity index (χ0n) is 6.38. The number of hydrogen-bond donors (Lipinski definition) is 0. The lowest BCUT2D eigenvalue weighted by Crippen LogP contribution is -2.05. The first kappa shape index (κ1) is 7.91. The highest BCUT2D eigenvalue weighted by molar-refractivity contribution is 5.75. The molecular formula is C9H4F2O2. The molecule has 0 unspecified atom stereocenters. The lowest BCUT2D eigenvalue weighted by Gasteiger charge is -1.95. The van der Waals surface area contributed by atoms with E-state index >= 15 is 0 Å². The number of hydrogen-bond acceptors (Lipinski definition) is 2. The molecule has 0 radical (unpaired) electrons. The highest BCUT2D eigenvalue weighted by atomic mass is 19.1. The summed E-state index contributed by atoms with van der Waals surface area (Å²) in [5.74, 6) is -1.50. The Balaban J connectivity index is 2.95. The third-order valence-electron chi connectivity index (χ3n) is 1.69. The molecule has 0 N–H and O–H groups in total. The zero-order chi connectivity index (χ0) is 9.42. The molecule has 1 aromatic carbocycles. The van der Waals surface area contributed by atoms with Crippen molar-refractivity contribution in [3.05, 3.63) is 46.3 Å². The third kappa shape index (κ3) is 1.20. The van der Waals surface area contributed by atoms with Crippen LogP contribution < -0.4 is 5.43 Å². The summed E-state index contributed by atoms with van der Waals surface area (Å²) in [5, 5.41) is 0.0430. The second kappa shape index (κ2) is 2.65. The molecule has 0 bridgehead atoms. The average molecular weight is 182 g/mol. The van der Waals surface area contributed by atoms with Crippen LogP contribution in [0, 0.1) is 11.6 Å². The van der Waals surface area contributed by atoms with Crippen molar-refractivity contribution in [2.24, 2.45) is 0 Å². The van der Waals surface area contributed by atoms with Crippen LogP contribution in [0.5, 0.6) is 0 Å². The molecule has 0 spiro atoms. The number of halogens is 2. The molecule has 2 rings (SSSR count). The fourth-order valence-electron chi connectivity index (χ4n) is 1.08. The van der Waals surface area contributed by atoms with Crippen molar-refractivity contribution in [1.82, 2.24) is 0 Å². The minimum absolute atomic E-state index is 0.0430. The van der Waals surface area contributed by atoms with E-state index in [1.807, 2.05) is 0 Å². The minimum atomic E-state index is -0.973. The summed E-state index contributed by atoms with van der Waals surface area (Å²) in [4.78, 5) is 11.1. The monoisotopic (exact) mass is 182 g/mol. The normalized spacial score (nSPS) is 10.6. The van der Waals surface area contributed by atoms with E-state index in [2.05, 4.69) is 4.42 Å². The largest absolute Gasteiger partial charge is 0.461 e. The van der Waals surface area contributed by atoms with Gasteiger partial charge in [0.2, 0.25) is 11.2 Å². The van der Waals surface area contributed by atoms with E-state index in [-0.39, 0.29) is 11.0 Å². The molecule has 0 saturated heterocycles. The molecule has 0 saturated carbocycles. The fraction of sp³-hybridized carbons (Fsp3) is 0. The number of benzene rings is 1. The van der Waals surface area contributed by atoms with Gasteiger partial charge in [0.25, 0.3) is 0 Å². The van der Waals surface area contributed by atoms with E-state index in [1.165, 1.54) is 6.07 Å². The SMILES string of the molecule is O=c1c(F)coc2cc(F)ccc12. The van der Waals surface area contributed by atoms with Gasteiger partial charge in [-0.25, -0.2) is 4.39 Å². The second-order valence-electron chi connectivity index (χ2n) is 2.55. The Labute approximate surface area is 71.4 Å². The highest BCUT2D eigenvalue weighted by Gasteiger charge is 2.06. The standard InChI is InChI=1S/C9H4F2O2/c10-5-1-2-6-8(3-5)13-4-7(11)9(6)12/h1-4H. The molecule has 0 amide bonds. The summed E-state index contributed by atoms with van der Waals surface area (Å²) in [5.41, 5.74) is -0.729. The van der Waals surface area contributed by atoms with Crippen LogP contribution in [0.3, 0.4) is 0 Å². The van der Waals surface area contributed by atoms with Crippen molar-refractivity contribution in [2.45, 2.75) is 0 Å². The van der Waals surface area contributed by atoms with Crippen molar-refractivity contribution in [1.29, 1.82) is 0 Å². The maximum atomic E-state index is 12.6. The first-order valence-electron chi connectivity index (χ1n) is 3.55. The lowest BCUT2D eigenvalue weighted by atomic mass is 10.2. The molecular weight excluding hydrogens is 178 g/mol. The van der Waals surface area contributed by atoms with Gasteiger partial charge in [0.1, 0.15) is 17.7 Å². The fourth-order valence-corrected chi connectivity index (χ4v) is 1.08. The Bertz CT molecular complexity index is 516. The van der Waals surface area contributed by atoms with Crippen molar-refractivity contribution in [2.75, 3.05) is 0 Å². The highest BCUT2D eigenvalue weighted by Crippen LogP contribution is 2.12. The molecule has 0 fully saturated rings. The molecule has 1 heterocycles. The summed E-state index contributed by atoms with van der Waals surface area (Å²) < 4.78 is 30.0. The molecule has 2 aromatic rings. The summed E-state index contributed by atoms with van der Waals surface area (Å²) >= 11 is 0. The molecule has 4 heteroatoms. The predicted molar refractivity (Wildman–Crippen MR) is 42.4 cm³/mol. The number of rotatable bonds is 0. The maximum Gasteiger partial charge on any atom is 0.228 e. The molecule has 13 heavy (non-hydrogen) atoms. The molecule has 0 aliphatic heterocycles. The molecule has 0 atom stereocenters. The van der Waals surface area contributed by atoms with Gasteiger partial charge in [0, 0.05) is 6.07 Å². The van der Waals surface area contributed by atoms with E-state index in [0.717, 1.165) is 12.1 Å². The molecule has 2 nitrogen and oxygen atoms in total. The van der Waals surface area contributed by atoms with Gasteiger partial charge in [0.15, 0.2) is 0 Å². The van der Waals surface area contributed by atoms with E-state index < -0.39 is 17.1 Å². The van der Waals surface area contributed by atoms with E-state index in [0.29, 0.717) is 6.26 Å². The van der Waals surface area contributed by atoms with Gasteiger partial charge in [-0.3, -0.25) is 4.79 Å². The predicted octanol–water partition coefficient (Wildman–Crippen LogP) is 2.07. The smallest absolute Gasteiger partial charge is 0.228 e. The summed E-state index contributed by atoms with van der Waals surface area (Å²) in [6.45, 7) is 0. The zero-order valence-corrected chi connectivity index (χ0v) is 6.38. The minimum Gasteiger partial charge on any atom is -0.461 e. The average Bonchev–Trinajstić information content (AvgIpc) is 2.12. The van der Waals surface area contributed by atoms with Crippen molar-refractivity contribution >= 4 is 11.0 Å². The van der Waals surface area contributed by atoms with Crippen molar-refractivity contribution in [3.63, 3.8) is 0 Å². The van der Waals surface area contributed by atoms with Crippen LogP contribution in [-0.2, 0) is 0 Å². The lowest BCUT2D eigenvalue weighted by molar-refractivity contribution is 0.517. The van der Waals surface area contributed by atoms with Gasteiger partial charge in [0.05, 0.1) is 5.39 Å². The Morgan fingerprint density at radius 3 is 2.77 bits per heavy atom. The molecule has 1 aromatic heterocycles. The summed E-state index contributed by atoms with van der Waals surface area (Å²) in [6, 6.07) is 3.31. The first-order valence-corrected chi connectivity index (χ1v) is 3.55. The van der Waals surface area contributed by atoms with Crippen LogP contribution >= 0.6 is 0 Å². The van der Waals surface area contributed by atoms with Crippen LogP contribution in [0.4, 0.5) is 8.78 Å². The van der Waals surface area contributed by atoms with Gasteiger partial charge in [-0.05, 0) is 12.1 Å². The Hall–Kier alpha value is -1.71. The van der Waals surface area contributed by atoms with Gasteiger partial charge in [-0.2, -0.15) is 4.39 Å². The molecule has 66 valence electrons. The first-order chi connectivity index (χ1) is 6.18.